The summed E-state index contributed by atoms with van der Waals surface area (Å²) >= 11 is 0. The van der Waals surface area contributed by atoms with Crippen LogP contribution in [0.3, 0.4) is 0 Å². The lowest BCUT2D eigenvalue weighted by atomic mass is 9.86. The Balaban J connectivity index is 1.40. The predicted molar refractivity (Wildman–Crippen MR) is 245 cm³/mol. The number of hydrogen-bond donors (Lipinski definition) is 5. The van der Waals surface area contributed by atoms with Crippen molar-refractivity contribution < 1.29 is 58.6 Å². The van der Waals surface area contributed by atoms with Crippen molar-refractivity contribution in [2.24, 2.45) is 33.7 Å². The molecule has 5 N–H and O–H groups in total. The number of fused-ring (bicyclic) bond motifs is 13. The largest absolute Gasteiger partial charge is 0.507 e. The monoisotopic (exact) mass is 917 g/mol. The Labute approximate surface area is 385 Å². The lowest BCUT2D eigenvalue weighted by Crippen LogP contribution is -2.43. The van der Waals surface area contributed by atoms with Gasteiger partial charge < -0.3 is 54.5 Å². The van der Waals surface area contributed by atoms with Gasteiger partial charge in [0.05, 0.1) is 34.8 Å². The number of benzene rings is 2. The molecule has 1 fully saturated rings. The summed E-state index contributed by atoms with van der Waals surface area (Å²) < 4.78 is 23.4. The number of likely N-dealkylation sites (N-methyl/N-ethyl adjacent to an activating group) is 1. The Hall–Kier alpha value is -5.36. The minimum atomic E-state index is -1.94. The van der Waals surface area contributed by atoms with Crippen LogP contribution in [-0.2, 0) is 28.6 Å². The number of likely N-dealkylation sites (tertiary alicyclic amines) is 1. The Morgan fingerprint density at radius 2 is 1.70 bits per heavy atom. The minimum Gasteiger partial charge on any atom is -0.507 e. The fourth-order valence-electron chi connectivity index (χ4n) is 8.82. The summed E-state index contributed by atoms with van der Waals surface area (Å²) in [6, 6.07) is 0. The highest BCUT2D eigenvalue weighted by atomic mass is 16.7. The van der Waals surface area contributed by atoms with E-state index in [-0.39, 0.29) is 81.2 Å². The quantitative estimate of drug-likeness (QED) is 0.141. The van der Waals surface area contributed by atoms with Gasteiger partial charge in [0.15, 0.2) is 17.3 Å². The fraction of sp³-hybridized carbons (Fsp3) is 0.592. The first-order valence-electron chi connectivity index (χ1n) is 22.9. The number of Topliss-reactive ketones (excluding diaryl/α,β-unsaturated/α-hetero) is 1. The molecule has 4 unspecified atom stereocenters. The third-order valence-corrected chi connectivity index (χ3v) is 13.1. The molecule has 17 heteroatoms. The van der Waals surface area contributed by atoms with E-state index in [0.29, 0.717) is 38.4 Å². The zero-order valence-electron chi connectivity index (χ0n) is 39.8. The number of rotatable bonds is 8. The summed E-state index contributed by atoms with van der Waals surface area (Å²) in [5.41, 5.74) is -0.614. The van der Waals surface area contributed by atoms with Gasteiger partial charge in [-0.05, 0) is 59.7 Å². The summed E-state index contributed by atoms with van der Waals surface area (Å²) in [6.45, 7) is 16.5. The maximum atomic E-state index is 14.7. The maximum Gasteiger partial charge on any atom is 0.320 e. The number of nitrogens with one attached hydrogen (secondary N) is 1. The van der Waals surface area contributed by atoms with Gasteiger partial charge in [-0.2, -0.15) is 0 Å². The van der Waals surface area contributed by atoms with Crippen LogP contribution in [0.4, 0.5) is 5.69 Å². The lowest BCUT2D eigenvalue weighted by Gasteiger charge is -2.36. The first-order chi connectivity index (χ1) is 31.1. The molecule has 0 saturated carbocycles. The summed E-state index contributed by atoms with van der Waals surface area (Å²) in [5.74, 6) is -7.55. The molecule has 1 saturated heterocycles. The third-order valence-electron chi connectivity index (χ3n) is 13.1. The molecule has 5 aliphatic rings. The first kappa shape index (κ1) is 50.1. The number of carbonyl (C=O) groups excluding carboxylic acids is 4. The van der Waals surface area contributed by atoms with E-state index in [0.717, 1.165) is 6.54 Å². The molecule has 2 aromatic carbocycles. The lowest BCUT2D eigenvalue weighted by molar-refractivity contribution is -0.166. The molecule has 0 radical (unpaired) electrons. The molecule has 17 nitrogen and oxygen atoms in total. The number of nitrogens with zero attached hydrogens (tertiary/aromatic N) is 4. The molecule has 5 bridgehead atoms. The molecule has 5 aliphatic heterocycles. The Morgan fingerprint density at radius 3 is 2.36 bits per heavy atom. The smallest absolute Gasteiger partial charge is 0.320 e. The van der Waals surface area contributed by atoms with Gasteiger partial charge in [0.1, 0.15) is 35.3 Å². The molecule has 7 rings (SSSR count). The average Bonchev–Trinajstić information content (AvgIpc) is 3.76. The second-order valence-corrected chi connectivity index (χ2v) is 19.1. The van der Waals surface area contributed by atoms with Crippen LogP contribution in [0.25, 0.3) is 10.8 Å². The molecule has 2 aromatic rings. The highest BCUT2D eigenvalue weighted by Gasteiger charge is 2.50. The van der Waals surface area contributed by atoms with Gasteiger partial charge in [0, 0.05) is 80.7 Å². The number of piperidine rings is 1. The van der Waals surface area contributed by atoms with Crippen molar-refractivity contribution in [1.29, 1.82) is 0 Å². The summed E-state index contributed by atoms with van der Waals surface area (Å²) in [7, 11) is 3.65. The number of carbonyl (C=O) groups is 4. The van der Waals surface area contributed by atoms with Crippen LogP contribution in [-0.4, -0.2) is 130 Å². The van der Waals surface area contributed by atoms with Gasteiger partial charge >= 0.3 is 17.7 Å². The zero-order valence-corrected chi connectivity index (χ0v) is 39.8. The predicted octanol–water partition coefficient (Wildman–Crippen LogP) is 4.35. The van der Waals surface area contributed by atoms with Crippen molar-refractivity contribution in [3.8, 4) is 17.2 Å². The molecule has 1 amide bonds. The SMILES string of the molecule is C/C1=C/C=C/C(C)[C@H](O)[C@@H](C)C(O)C[C@H](OC(=O)C(C)C(=O)OCCN(C)C)CC/C=C/OC2(C)Oc3c(C)c(O)c4c(O)c(c5c(c4c3C2=O)=NC2(CCN(CC(C)C)CC2)N=5)NC1=O. The zero-order chi connectivity index (χ0) is 48.4. The number of allylic oxidation sites excluding steroid dienone is 3. The molecule has 5 heterocycles. The molecule has 360 valence electrons. The molecule has 66 heavy (non-hydrogen) atoms. The molecular weight excluding hydrogens is 851 g/mol. The van der Waals surface area contributed by atoms with Crippen molar-refractivity contribution in [2.75, 3.05) is 52.2 Å². The van der Waals surface area contributed by atoms with Crippen molar-refractivity contribution in [1.82, 2.24) is 9.80 Å². The van der Waals surface area contributed by atoms with Crippen molar-refractivity contribution in [3.05, 3.63) is 58.0 Å². The number of aliphatic hydroxyl groups excluding tert-OH is 2. The molecule has 7 atom stereocenters. The molecule has 0 aliphatic carbocycles. The molecule has 1 spiro atoms. The van der Waals surface area contributed by atoms with Crippen molar-refractivity contribution in [3.63, 3.8) is 0 Å². The van der Waals surface area contributed by atoms with E-state index in [2.05, 4.69) is 24.1 Å². The number of ketones is 1. The fourth-order valence-corrected chi connectivity index (χ4v) is 8.82. The summed E-state index contributed by atoms with van der Waals surface area (Å²) in [5, 5.41) is 49.9. The number of phenols is 2. The number of aromatic hydroxyl groups is 2. The van der Waals surface area contributed by atoms with E-state index in [1.165, 1.54) is 20.1 Å². The number of ether oxygens (including phenoxy) is 4. The van der Waals surface area contributed by atoms with E-state index in [1.54, 1.807) is 52.0 Å². The van der Waals surface area contributed by atoms with Crippen LogP contribution in [0.1, 0.15) is 96.5 Å². The van der Waals surface area contributed by atoms with Crippen LogP contribution >= 0.6 is 0 Å². The number of anilines is 1. The number of esters is 2. The van der Waals surface area contributed by atoms with Gasteiger partial charge in [0.2, 0.25) is 0 Å². The average molecular weight is 918 g/mol. The second-order valence-electron chi connectivity index (χ2n) is 19.1. The number of hydrogen-bond acceptors (Lipinski definition) is 16. The summed E-state index contributed by atoms with van der Waals surface area (Å²) in [6.07, 6.45) is 6.00. The summed E-state index contributed by atoms with van der Waals surface area (Å²) in [4.78, 5) is 69.0. The first-order valence-corrected chi connectivity index (χ1v) is 22.9. The van der Waals surface area contributed by atoms with Crippen LogP contribution < -0.4 is 20.8 Å². The normalized spacial score (nSPS) is 28.2. The molecule has 0 aromatic heterocycles. The van der Waals surface area contributed by atoms with Crippen LogP contribution in [0.15, 0.2) is 46.1 Å². The van der Waals surface area contributed by atoms with E-state index < -0.39 is 76.9 Å². The highest BCUT2D eigenvalue weighted by molar-refractivity contribution is 6.19. The van der Waals surface area contributed by atoms with E-state index in [9.17, 15) is 39.6 Å². The number of aliphatic hydroxyl groups is 2. The van der Waals surface area contributed by atoms with Gasteiger partial charge in [0.25, 0.3) is 11.7 Å². The Kier molecular flexibility index (Phi) is 15.4. The van der Waals surface area contributed by atoms with Crippen LogP contribution in [0.5, 0.6) is 17.2 Å². The highest BCUT2D eigenvalue weighted by Crippen LogP contribution is 2.50. The van der Waals surface area contributed by atoms with Gasteiger partial charge in [-0.3, -0.25) is 29.2 Å². The molecular formula is C49H67N5O12. The van der Waals surface area contributed by atoms with Gasteiger partial charge in [-0.25, -0.2) is 0 Å². The van der Waals surface area contributed by atoms with Crippen molar-refractivity contribution in [2.45, 2.75) is 117 Å². The Bertz CT molecular complexity index is 2440. The second kappa shape index (κ2) is 20.2. The minimum absolute atomic E-state index is 0.0327. The van der Waals surface area contributed by atoms with Crippen molar-refractivity contribution >= 4 is 40.1 Å². The number of phenolic OH excluding ortho intramolecular Hbond substituents is 2. The third kappa shape index (κ3) is 10.4. The van der Waals surface area contributed by atoms with E-state index in [1.807, 2.05) is 19.0 Å². The van der Waals surface area contributed by atoms with E-state index >= 15 is 0 Å². The van der Waals surface area contributed by atoms with Gasteiger partial charge in [-0.1, -0.05) is 45.9 Å². The van der Waals surface area contributed by atoms with E-state index in [4.69, 9.17) is 28.9 Å². The number of amides is 1. The van der Waals surface area contributed by atoms with Crippen LogP contribution in [0, 0.1) is 30.6 Å². The maximum absolute atomic E-state index is 14.7. The standard InChI is InChI=1S/C49H67N5O12/c1-26(2)25-54-19-17-49(18-20-54)51-37-34-35-41(57)30(6)43-36(34)44(59)48(8,66-43)64-22-12-11-16-32(65-47(62)31(7)46(61)63-23-21-53(9)10)24-33(55)29(5)40(56)27(3)14-13-15-28(4)45(60)50-39(42(35)58)38(37)52-49/h12-15,22,26-27,29,31-33,40,55-58H,11,16-21,23-25H2,1-10H3,(H,50,60)/b14-13+,22-12+,28-15-/t27?,29-,31?,32+,33?,40-,48?/m0/s1. The Morgan fingerprint density at radius 1 is 1.02 bits per heavy atom. The topological polar surface area (TPSA) is 229 Å². The van der Waals surface area contributed by atoms with Gasteiger partial charge in [-0.15, -0.1) is 0 Å². The van der Waals surface area contributed by atoms with Crippen LogP contribution in [0.2, 0.25) is 0 Å².